The highest BCUT2D eigenvalue weighted by molar-refractivity contribution is 7.13. The Hall–Kier alpha value is -3.41. The number of aliphatic hydroxyl groups is 2. The molecule has 68 heavy (non-hydrogen) atoms. The summed E-state index contributed by atoms with van der Waals surface area (Å²) in [4.78, 5) is 37.6. The zero-order chi connectivity index (χ0) is 49.2. The zero-order valence-corrected chi connectivity index (χ0v) is 41.9. The van der Waals surface area contributed by atoms with Crippen LogP contribution in [0.1, 0.15) is 66.3 Å². The standard InChI is InChI=1S/C49H81N5O13S/c1-5-15-54(49(59)41-32-46-43(51-47(50)33-41)34-42(68-46)9-7-6-8-16-52(2)3)36-40-12-10-39(11-13-40)35-53(4)17-19-66-37-44(55)45(56)38-67-31-30-65-29-28-64-27-26-63-25-24-62-23-22-61-21-20-60-18-14-48(57)58/h10-13,32,34,44-45,55-56H,5-9,14-31,33,35-38H2,1-4H3,(H2,50,51)(H,57,58). The van der Waals surface area contributed by atoms with Crippen LogP contribution in [0, 0.1) is 0 Å². The van der Waals surface area contributed by atoms with Gasteiger partial charge in [-0.3, -0.25) is 14.5 Å². The predicted molar refractivity (Wildman–Crippen MR) is 264 cm³/mol. The molecule has 5 N–H and O–H groups in total. The Morgan fingerprint density at radius 3 is 1.74 bits per heavy atom. The molecule has 0 bridgehead atoms. The molecule has 1 aromatic carbocycles. The van der Waals surface area contributed by atoms with Crippen molar-refractivity contribution in [3.8, 4) is 0 Å². The summed E-state index contributed by atoms with van der Waals surface area (Å²) in [6, 6.07) is 10.5. The number of carboxylic acids is 1. The molecule has 2 unspecified atom stereocenters. The number of rotatable bonds is 42. The molecule has 2 heterocycles. The number of benzene rings is 1. The minimum Gasteiger partial charge on any atom is -0.481 e. The fourth-order valence-electron chi connectivity index (χ4n) is 6.82. The number of amidine groups is 1. The van der Waals surface area contributed by atoms with Gasteiger partial charge in [0.05, 0.1) is 123 Å². The van der Waals surface area contributed by atoms with Gasteiger partial charge in [0.1, 0.15) is 18.0 Å². The molecule has 0 saturated carbocycles. The van der Waals surface area contributed by atoms with Gasteiger partial charge in [0.15, 0.2) is 0 Å². The number of aliphatic imine (C=N–C) groups is 1. The number of nitrogens with zero attached hydrogens (tertiary/aromatic N) is 4. The van der Waals surface area contributed by atoms with Crippen LogP contribution < -0.4 is 5.73 Å². The molecule has 1 amide bonds. The minimum atomic E-state index is -1.09. The summed E-state index contributed by atoms with van der Waals surface area (Å²) in [6.07, 6.45) is 5.47. The van der Waals surface area contributed by atoms with E-state index >= 15 is 0 Å². The van der Waals surface area contributed by atoms with E-state index in [0.717, 1.165) is 47.5 Å². The van der Waals surface area contributed by atoms with E-state index in [4.69, 9.17) is 48.7 Å². The number of hydrogen-bond donors (Lipinski definition) is 4. The van der Waals surface area contributed by atoms with Crippen LogP contribution in [0.15, 0.2) is 40.9 Å². The van der Waals surface area contributed by atoms with Gasteiger partial charge in [-0.1, -0.05) is 37.6 Å². The number of ether oxygens (including phenoxy) is 8. The SMILES string of the molecule is CCCN(Cc1ccc(CN(C)CCOCC(O)C(O)COCCOCCOCCOCCOCCOCCOCCC(=O)O)cc1)C(=O)C1=Cc2sc(CCCCCN(C)C)cc2N=C(N)C1. The quantitative estimate of drug-likeness (QED) is 0.0692. The van der Waals surface area contributed by atoms with Gasteiger partial charge in [-0.15, -0.1) is 11.3 Å². The zero-order valence-electron chi connectivity index (χ0n) is 41.1. The number of aliphatic carboxylic acids is 1. The molecule has 2 atom stereocenters. The molecule has 0 aliphatic carbocycles. The predicted octanol–water partition coefficient (Wildman–Crippen LogP) is 4.00. The molecule has 0 fully saturated rings. The van der Waals surface area contributed by atoms with Crippen LogP contribution in [0.5, 0.6) is 0 Å². The second-order valence-electron chi connectivity index (χ2n) is 16.9. The van der Waals surface area contributed by atoms with Crippen molar-refractivity contribution in [2.75, 3.05) is 146 Å². The van der Waals surface area contributed by atoms with Crippen molar-refractivity contribution in [2.24, 2.45) is 10.7 Å². The smallest absolute Gasteiger partial charge is 0.305 e. The van der Waals surface area contributed by atoms with Crippen LogP contribution >= 0.6 is 11.3 Å². The topological polar surface area (TPSA) is 217 Å². The number of aliphatic hydroxyl groups excluding tert-OH is 2. The maximum Gasteiger partial charge on any atom is 0.305 e. The molecule has 1 aliphatic heterocycles. The molecule has 19 heteroatoms. The first-order valence-electron chi connectivity index (χ1n) is 24.0. The summed E-state index contributed by atoms with van der Waals surface area (Å²) in [6.45, 7) is 10.8. The lowest BCUT2D eigenvalue weighted by Gasteiger charge is -2.24. The maximum absolute atomic E-state index is 14.0. The summed E-state index contributed by atoms with van der Waals surface area (Å²) in [5.74, 6) is -0.434. The number of unbranched alkanes of at least 4 members (excludes halogenated alkanes) is 2. The fourth-order valence-corrected chi connectivity index (χ4v) is 7.93. The number of fused-ring (bicyclic) bond motifs is 1. The van der Waals surface area contributed by atoms with Crippen LogP contribution in [-0.4, -0.2) is 206 Å². The second kappa shape index (κ2) is 36.5. The van der Waals surface area contributed by atoms with Crippen molar-refractivity contribution >= 4 is 40.8 Å². The summed E-state index contributed by atoms with van der Waals surface area (Å²) in [5, 5.41) is 29.2. The number of thiophene rings is 1. The lowest BCUT2D eigenvalue weighted by Crippen LogP contribution is -2.35. The average Bonchev–Trinajstić information content (AvgIpc) is 3.60. The van der Waals surface area contributed by atoms with E-state index in [2.05, 4.69) is 66.1 Å². The number of carboxylic acid groups (broad SMARTS) is 1. The van der Waals surface area contributed by atoms with Gasteiger partial charge in [-0.2, -0.15) is 0 Å². The first kappa shape index (κ1) is 58.9. The highest BCUT2D eigenvalue weighted by atomic mass is 32.1. The van der Waals surface area contributed by atoms with Crippen molar-refractivity contribution in [2.45, 2.75) is 77.2 Å². The fraction of sp³-hybridized carbons (Fsp3) is 0.694. The van der Waals surface area contributed by atoms with Crippen LogP contribution in [0.4, 0.5) is 5.69 Å². The third-order valence-electron chi connectivity index (χ3n) is 10.5. The van der Waals surface area contributed by atoms with Crippen molar-refractivity contribution in [3.05, 3.63) is 56.8 Å². The molecule has 2 aromatic rings. The van der Waals surface area contributed by atoms with E-state index in [-0.39, 0.29) is 38.8 Å². The minimum absolute atomic E-state index is 0.00855. The molecule has 386 valence electrons. The van der Waals surface area contributed by atoms with Gasteiger partial charge < -0.3 is 68.7 Å². The van der Waals surface area contributed by atoms with Gasteiger partial charge >= 0.3 is 5.97 Å². The van der Waals surface area contributed by atoms with Crippen LogP contribution in [0.3, 0.4) is 0 Å². The number of aryl methyl sites for hydroxylation is 1. The molecular formula is C49H81N5O13S. The Labute approximate surface area is 408 Å². The molecular weight excluding hydrogens is 899 g/mol. The molecule has 0 radical (unpaired) electrons. The molecule has 0 spiro atoms. The Morgan fingerprint density at radius 1 is 0.691 bits per heavy atom. The van der Waals surface area contributed by atoms with Gasteiger partial charge in [0.25, 0.3) is 5.91 Å². The van der Waals surface area contributed by atoms with E-state index in [1.807, 2.05) is 18.0 Å². The Bertz CT molecular complexity index is 1710. The number of likely N-dealkylation sites (N-methyl/N-ethyl adjacent to an activating group) is 1. The van der Waals surface area contributed by atoms with Gasteiger partial charge in [-0.25, -0.2) is 4.99 Å². The van der Waals surface area contributed by atoms with Crippen molar-refractivity contribution in [3.63, 3.8) is 0 Å². The van der Waals surface area contributed by atoms with Gasteiger partial charge in [0.2, 0.25) is 0 Å². The monoisotopic (exact) mass is 980 g/mol. The van der Waals surface area contributed by atoms with E-state index in [1.54, 1.807) is 11.3 Å². The number of amides is 1. The summed E-state index contributed by atoms with van der Waals surface area (Å²) in [7, 11) is 6.21. The van der Waals surface area contributed by atoms with Crippen molar-refractivity contribution < 1.29 is 62.8 Å². The lowest BCUT2D eigenvalue weighted by atomic mass is 10.1. The van der Waals surface area contributed by atoms with Crippen molar-refractivity contribution in [1.29, 1.82) is 0 Å². The summed E-state index contributed by atoms with van der Waals surface area (Å²) in [5.41, 5.74) is 10.1. The second-order valence-corrected chi connectivity index (χ2v) is 18.1. The summed E-state index contributed by atoms with van der Waals surface area (Å²) < 4.78 is 43.4. The Morgan fingerprint density at radius 2 is 1.21 bits per heavy atom. The molecule has 0 saturated heterocycles. The number of carbonyl (C=O) groups is 2. The first-order valence-corrected chi connectivity index (χ1v) is 24.8. The normalized spacial score (nSPS) is 13.6. The van der Waals surface area contributed by atoms with E-state index in [1.165, 1.54) is 17.7 Å². The molecule has 1 aromatic heterocycles. The molecule has 18 nitrogen and oxygen atoms in total. The van der Waals surface area contributed by atoms with Crippen molar-refractivity contribution in [1.82, 2.24) is 14.7 Å². The molecule has 1 aliphatic rings. The average molecular weight is 980 g/mol. The third-order valence-corrected chi connectivity index (χ3v) is 11.6. The van der Waals surface area contributed by atoms with Gasteiger partial charge in [0, 0.05) is 43.1 Å². The number of nitrogens with two attached hydrogens (primary N) is 1. The van der Waals surface area contributed by atoms with Gasteiger partial charge in [-0.05, 0) is 76.6 Å². The van der Waals surface area contributed by atoms with E-state index in [0.29, 0.717) is 123 Å². The van der Waals surface area contributed by atoms with E-state index < -0.39 is 18.2 Å². The first-order chi connectivity index (χ1) is 32.9. The van der Waals surface area contributed by atoms with Crippen LogP contribution in [0.2, 0.25) is 0 Å². The number of carbonyl (C=O) groups excluding carboxylic acids is 1. The lowest BCUT2D eigenvalue weighted by molar-refractivity contribution is -0.138. The highest BCUT2D eigenvalue weighted by Crippen LogP contribution is 2.35. The maximum atomic E-state index is 14.0. The third kappa shape index (κ3) is 27.1. The van der Waals surface area contributed by atoms with Crippen LogP contribution in [-0.2, 0) is 67.0 Å². The van der Waals surface area contributed by atoms with Crippen LogP contribution in [0.25, 0.3) is 6.08 Å². The number of hydrogen-bond acceptors (Lipinski definition) is 17. The molecule has 3 rings (SSSR count). The summed E-state index contributed by atoms with van der Waals surface area (Å²) >= 11 is 1.71. The Kier molecular flexibility index (Phi) is 31.6. The largest absolute Gasteiger partial charge is 0.481 e. The van der Waals surface area contributed by atoms with E-state index in [9.17, 15) is 19.8 Å². The Balaban J connectivity index is 1.20. The highest BCUT2D eigenvalue weighted by Gasteiger charge is 2.23.